The molecular weight excluding hydrogens is 229 g/mol. The smallest absolute Gasteiger partial charge is 0.367 e. The topological polar surface area (TPSA) is 103 Å². The number of hydrogen-bond acceptors (Lipinski definition) is 4. The highest BCUT2D eigenvalue weighted by molar-refractivity contribution is 7.59. The van der Waals surface area contributed by atoms with Gasteiger partial charge in [0.1, 0.15) is 13.2 Å². The van der Waals surface area contributed by atoms with Gasteiger partial charge in [0.15, 0.2) is 0 Å². The molecule has 0 atom stereocenters. The molecule has 0 aromatic rings. The van der Waals surface area contributed by atoms with Gasteiger partial charge in [-0.2, -0.15) is 13.9 Å². The van der Waals surface area contributed by atoms with Crippen LogP contribution >= 0.6 is 8.09 Å². The van der Waals surface area contributed by atoms with E-state index in [9.17, 15) is 4.89 Å². The molecular formula is C9H23N3O3P+. The summed E-state index contributed by atoms with van der Waals surface area (Å²) in [7, 11) is -3.30. The van der Waals surface area contributed by atoms with Crippen molar-refractivity contribution >= 4 is 14.1 Å². The molecule has 96 valence electrons. The number of hydrogen-bond donors (Lipinski definition) is 3. The van der Waals surface area contributed by atoms with Crippen LogP contribution in [0.15, 0.2) is 4.76 Å². The fraction of sp³-hybridized carbons (Fsp3) is 0.889. The fourth-order valence-corrected chi connectivity index (χ4v) is 2.20. The molecule has 0 bridgehead atoms. The molecule has 0 aliphatic heterocycles. The zero-order chi connectivity index (χ0) is 12.8. The highest BCUT2D eigenvalue weighted by atomic mass is 31.2. The largest absolute Gasteiger partial charge is 0.554 e. The molecule has 0 amide bonds. The van der Waals surface area contributed by atoms with Gasteiger partial charge in [-0.3, -0.25) is 0 Å². The Morgan fingerprint density at radius 2 is 1.50 bits per heavy atom. The molecule has 0 fully saturated rings. The SMILES string of the molecule is CC(C)CO[P+](O)(N=C(N)N)OCC(C)C. The normalized spacial score (nSPS) is 12.2. The van der Waals surface area contributed by atoms with E-state index in [1.165, 1.54) is 0 Å². The lowest BCUT2D eigenvalue weighted by Gasteiger charge is -2.13. The summed E-state index contributed by atoms with van der Waals surface area (Å²) in [6.07, 6.45) is 0. The zero-order valence-electron chi connectivity index (χ0n) is 10.4. The molecule has 0 rings (SSSR count). The summed E-state index contributed by atoms with van der Waals surface area (Å²) in [6.45, 7) is 8.54. The first-order valence-electron chi connectivity index (χ1n) is 5.27. The van der Waals surface area contributed by atoms with E-state index in [4.69, 9.17) is 20.5 Å². The lowest BCUT2D eigenvalue weighted by atomic mass is 10.2. The molecule has 0 saturated heterocycles. The van der Waals surface area contributed by atoms with Gasteiger partial charge in [-0.05, 0) is 16.6 Å². The minimum absolute atomic E-state index is 0.233. The maximum absolute atomic E-state index is 10.00. The minimum atomic E-state index is -3.30. The maximum atomic E-state index is 10.00. The molecule has 0 saturated carbocycles. The zero-order valence-corrected chi connectivity index (χ0v) is 11.3. The summed E-state index contributed by atoms with van der Waals surface area (Å²) in [5, 5.41) is 0. The Morgan fingerprint density at radius 3 is 1.75 bits per heavy atom. The van der Waals surface area contributed by atoms with Crippen LogP contribution in [-0.4, -0.2) is 24.1 Å². The van der Waals surface area contributed by atoms with Crippen LogP contribution in [0.1, 0.15) is 27.7 Å². The minimum Gasteiger partial charge on any atom is -0.367 e. The fourth-order valence-electron chi connectivity index (χ4n) is 0.733. The maximum Gasteiger partial charge on any atom is 0.554 e. The van der Waals surface area contributed by atoms with Crippen molar-refractivity contribution < 1.29 is 13.9 Å². The van der Waals surface area contributed by atoms with Gasteiger partial charge in [-0.15, -0.1) is 0 Å². The highest BCUT2D eigenvalue weighted by Crippen LogP contribution is 2.58. The second-order valence-corrected chi connectivity index (χ2v) is 6.09. The van der Waals surface area contributed by atoms with Crippen LogP contribution in [0.4, 0.5) is 0 Å². The van der Waals surface area contributed by atoms with Crippen molar-refractivity contribution in [3.63, 3.8) is 0 Å². The summed E-state index contributed by atoms with van der Waals surface area (Å²) in [4.78, 5) is 10.00. The molecule has 0 aliphatic carbocycles. The summed E-state index contributed by atoms with van der Waals surface area (Å²) >= 11 is 0. The summed E-state index contributed by atoms with van der Waals surface area (Å²) < 4.78 is 14.1. The summed E-state index contributed by atoms with van der Waals surface area (Å²) in [6, 6.07) is 0. The van der Waals surface area contributed by atoms with Crippen molar-refractivity contribution in [1.29, 1.82) is 0 Å². The Morgan fingerprint density at radius 1 is 1.12 bits per heavy atom. The van der Waals surface area contributed by atoms with Crippen molar-refractivity contribution in [3.8, 4) is 0 Å². The molecule has 0 radical (unpaired) electrons. The first kappa shape index (κ1) is 15.6. The second-order valence-electron chi connectivity index (χ2n) is 4.39. The summed E-state index contributed by atoms with van der Waals surface area (Å²) in [5.41, 5.74) is 10.5. The summed E-state index contributed by atoms with van der Waals surface area (Å²) in [5.74, 6) is 0.301. The highest BCUT2D eigenvalue weighted by Gasteiger charge is 2.43. The predicted octanol–water partition coefficient (Wildman–Crippen LogP) is 1.27. The molecule has 0 aliphatic rings. The van der Waals surface area contributed by atoms with E-state index in [0.29, 0.717) is 13.2 Å². The van der Waals surface area contributed by atoms with Gasteiger partial charge in [0.25, 0.3) is 0 Å². The molecule has 16 heavy (non-hydrogen) atoms. The lowest BCUT2D eigenvalue weighted by molar-refractivity contribution is 0.148. The number of guanidine groups is 1. The third-order valence-corrected chi connectivity index (χ3v) is 2.85. The predicted molar refractivity (Wildman–Crippen MR) is 66.5 cm³/mol. The van der Waals surface area contributed by atoms with Crippen LogP contribution in [0.2, 0.25) is 0 Å². The van der Waals surface area contributed by atoms with E-state index in [-0.39, 0.29) is 17.8 Å². The van der Waals surface area contributed by atoms with Crippen LogP contribution in [0.3, 0.4) is 0 Å². The molecule has 0 aromatic heterocycles. The van der Waals surface area contributed by atoms with Crippen LogP contribution in [0, 0.1) is 11.8 Å². The third-order valence-electron chi connectivity index (χ3n) is 1.39. The van der Waals surface area contributed by atoms with Crippen molar-refractivity contribution in [1.82, 2.24) is 0 Å². The van der Waals surface area contributed by atoms with Gasteiger partial charge >= 0.3 is 8.09 Å². The van der Waals surface area contributed by atoms with Crippen LogP contribution in [0.5, 0.6) is 0 Å². The average molecular weight is 252 g/mol. The van der Waals surface area contributed by atoms with Crippen molar-refractivity contribution in [2.24, 2.45) is 28.1 Å². The van der Waals surface area contributed by atoms with E-state index >= 15 is 0 Å². The Labute approximate surface area is 97.7 Å². The van der Waals surface area contributed by atoms with E-state index in [0.717, 1.165) is 0 Å². The van der Waals surface area contributed by atoms with Gasteiger partial charge in [0.05, 0.1) is 0 Å². The van der Waals surface area contributed by atoms with Gasteiger partial charge in [0.2, 0.25) is 5.96 Å². The number of nitrogens with zero attached hydrogens (tertiary/aromatic N) is 1. The first-order chi connectivity index (χ1) is 7.25. The van der Waals surface area contributed by atoms with Crippen LogP contribution in [0.25, 0.3) is 0 Å². The van der Waals surface area contributed by atoms with Crippen LogP contribution < -0.4 is 11.5 Å². The van der Waals surface area contributed by atoms with Gasteiger partial charge in [-0.25, -0.2) is 0 Å². The second kappa shape index (κ2) is 7.01. The standard InChI is InChI=1S/C9H23N3O3P/c1-7(2)5-14-16(13,12-9(10)11)15-6-8(3)4/h7-8,13H,5-6H2,1-4H3,(H4,10,11,12)/q+1. The Kier molecular flexibility index (Phi) is 6.83. The molecule has 0 heterocycles. The lowest BCUT2D eigenvalue weighted by Crippen LogP contribution is -2.24. The molecule has 6 nitrogen and oxygen atoms in total. The molecule has 0 aromatic carbocycles. The van der Waals surface area contributed by atoms with E-state index in [2.05, 4.69) is 4.76 Å². The average Bonchev–Trinajstić information content (AvgIpc) is 2.11. The van der Waals surface area contributed by atoms with Crippen molar-refractivity contribution in [2.75, 3.05) is 13.2 Å². The third kappa shape index (κ3) is 7.82. The van der Waals surface area contributed by atoms with Gasteiger partial charge < -0.3 is 11.5 Å². The molecule has 0 spiro atoms. The molecule has 0 unspecified atom stereocenters. The Hall–Kier alpha value is -0.420. The number of nitrogens with two attached hydrogens (primary N) is 2. The number of rotatable bonds is 7. The van der Waals surface area contributed by atoms with Crippen LogP contribution in [-0.2, 0) is 9.05 Å². The van der Waals surface area contributed by atoms with E-state index < -0.39 is 8.09 Å². The van der Waals surface area contributed by atoms with E-state index in [1.807, 2.05) is 27.7 Å². The Balaban J connectivity index is 4.42. The van der Waals surface area contributed by atoms with Gasteiger partial charge in [-0.1, -0.05) is 27.7 Å². The van der Waals surface area contributed by atoms with Crippen molar-refractivity contribution in [3.05, 3.63) is 0 Å². The quantitative estimate of drug-likeness (QED) is 0.360. The van der Waals surface area contributed by atoms with Gasteiger partial charge in [0, 0.05) is 0 Å². The van der Waals surface area contributed by atoms with Crippen molar-refractivity contribution in [2.45, 2.75) is 27.7 Å². The Bertz CT molecular complexity index is 218. The molecule has 5 N–H and O–H groups in total. The first-order valence-corrected chi connectivity index (χ1v) is 6.80. The van der Waals surface area contributed by atoms with E-state index in [1.54, 1.807) is 0 Å². The molecule has 7 heteroatoms. The monoisotopic (exact) mass is 252 g/mol.